The summed E-state index contributed by atoms with van der Waals surface area (Å²) in [5.41, 5.74) is 0.235. The molecule has 44 heteroatoms. The lowest BCUT2D eigenvalue weighted by Gasteiger charge is -2.21. The van der Waals surface area contributed by atoms with Crippen LogP contribution in [0.5, 0.6) is 17.2 Å². The molecule has 4 saturated heterocycles. The molecule has 0 radical (unpaired) electrons. The van der Waals surface area contributed by atoms with Crippen molar-refractivity contribution in [3.63, 3.8) is 0 Å². The Hall–Kier alpha value is -11.1. The van der Waals surface area contributed by atoms with E-state index in [4.69, 9.17) is 65.2 Å². The molecule has 4 aromatic carbocycles. The molecule has 4 amide bonds. The molecule has 8 aromatic rings. The van der Waals surface area contributed by atoms with Gasteiger partial charge in [-0.1, -0.05) is 29.8 Å². The summed E-state index contributed by atoms with van der Waals surface area (Å²) in [6, 6.07) is 22.3. The molecule has 4 aliphatic rings. The molecule has 0 saturated carbocycles. The van der Waals surface area contributed by atoms with Gasteiger partial charge in [0.25, 0.3) is 23.6 Å². The van der Waals surface area contributed by atoms with Crippen molar-refractivity contribution in [2.75, 3.05) is 69.0 Å². The number of aliphatic hydroxyl groups is 8. The average Bonchev–Trinajstić information content (AvgIpc) is 1.64. The number of ether oxygens (including phenoxy) is 7. The predicted octanol–water partition coefficient (Wildman–Crippen LogP) is 3.75. The van der Waals surface area contributed by atoms with Gasteiger partial charge in [-0.15, -0.1) is 0 Å². The first-order valence-corrected chi connectivity index (χ1v) is 34.6. The maximum absolute atomic E-state index is 14.2. The van der Waals surface area contributed by atoms with Gasteiger partial charge in [0.2, 0.25) is 24.9 Å². The third kappa shape index (κ3) is 19.1. The van der Waals surface area contributed by atoms with Gasteiger partial charge in [-0.05, 0) is 130 Å². The summed E-state index contributed by atoms with van der Waals surface area (Å²) in [7, 11) is 4.32. The van der Waals surface area contributed by atoms with E-state index in [1.807, 2.05) is 0 Å². The molecule has 4 fully saturated rings. The molecule has 8 heterocycles. The van der Waals surface area contributed by atoms with Gasteiger partial charge < -0.3 is 95.3 Å². The normalized spacial score (nSPS) is 23.1. The number of benzene rings is 4. The highest BCUT2D eigenvalue weighted by Crippen LogP contribution is 2.46. The van der Waals surface area contributed by atoms with Crippen LogP contribution in [0, 0.1) is 34.6 Å². The number of aromatic nitrogens is 8. The molecule has 0 bridgehead atoms. The molecule has 12 N–H and O–H groups in total. The second kappa shape index (κ2) is 36.4. The fraction of sp³-hybridized carbons (Fsp3) is 0.389. The maximum atomic E-state index is 14.2. The zero-order valence-electron chi connectivity index (χ0n) is 61.9. The minimum absolute atomic E-state index is 0.116. The van der Waals surface area contributed by atoms with Gasteiger partial charge in [-0.25, -0.2) is 19.2 Å². The third-order valence-electron chi connectivity index (χ3n) is 18.1. The van der Waals surface area contributed by atoms with Gasteiger partial charge in [-0.2, -0.15) is 55.1 Å². The Morgan fingerprint density at radius 3 is 0.974 bits per heavy atom. The van der Waals surface area contributed by atoms with Gasteiger partial charge in [0.05, 0.1) is 47.8 Å². The van der Waals surface area contributed by atoms with Crippen molar-refractivity contribution >= 4 is 58.5 Å². The highest BCUT2D eigenvalue weighted by molar-refractivity contribution is 6.31. The van der Waals surface area contributed by atoms with Crippen molar-refractivity contribution in [2.45, 2.75) is 132 Å². The number of rotatable bonds is 19. The fourth-order valence-corrected chi connectivity index (χ4v) is 12.4. The zero-order valence-corrected chi connectivity index (χ0v) is 62.7. The smallest absolute Gasteiger partial charge is 0.351 e. The predicted molar refractivity (Wildman–Crippen MR) is 388 cm³/mol. The van der Waals surface area contributed by atoms with E-state index in [1.54, 1.807) is 77.1 Å². The van der Waals surface area contributed by atoms with Crippen LogP contribution in [0.2, 0.25) is 5.02 Å². The number of amides is 4. The Balaban J connectivity index is 0.000000177. The highest BCUT2D eigenvalue weighted by Gasteiger charge is 2.63. The number of hydrogen-bond donors (Lipinski definition) is 12. The summed E-state index contributed by atoms with van der Waals surface area (Å²) in [5, 5.41) is 84.4. The summed E-state index contributed by atoms with van der Waals surface area (Å²) >= 11 is 5.91. The van der Waals surface area contributed by atoms with E-state index < -0.39 is 170 Å². The van der Waals surface area contributed by atoms with Crippen LogP contribution >= 0.6 is 11.6 Å². The molecule has 116 heavy (non-hydrogen) atoms. The molecule has 4 aromatic heterocycles. The minimum atomic E-state index is -3.83. The molecule has 12 atom stereocenters. The lowest BCUT2D eigenvalue weighted by atomic mass is 10.0. The number of nitrogens with one attached hydrogen (secondary N) is 4. The van der Waals surface area contributed by atoms with Crippen LogP contribution in [0.1, 0.15) is 94.2 Å². The molecule has 12 rings (SSSR count). The molecule has 4 aliphatic heterocycles. The molecular formula is C72H75ClF8N12O23. The Morgan fingerprint density at radius 1 is 0.422 bits per heavy atom. The first kappa shape index (κ1) is 88.9. The second-order valence-electron chi connectivity index (χ2n) is 26.2. The lowest BCUT2D eigenvalue weighted by Crippen LogP contribution is -2.41. The van der Waals surface area contributed by atoms with Crippen LogP contribution in [0.25, 0.3) is 0 Å². The number of aryl methyl sites for hydroxylation is 4. The van der Waals surface area contributed by atoms with Crippen molar-refractivity contribution in [2.24, 2.45) is 0 Å². The van der Waals surface area contributed by atoms with Gasteiger partial charge >= 0.3 is 46.4 Å². The quantitative estimate of drug-likeness (QED) is 0.0513. The second-order valence-corrected chi connectivity index (χ2v) is 26.6. The van der Waals surface area contributed by atoms with Gasteiger partial charge in [0, 0.05) is 57.6 Å². The van der Waals surface area contributed by atoms with Gasteiger partial charge in [0.15, 0.2) is 24.4 Å². The molecule has 0 unspecified atom stereocenters. The van der Waals surface area contributed by atoms with E-state index >= 15 is 0 Å². The summed E-state index contributed by atoms with van der Waals surface area (Å²) < 4.78 is 151. The van der Waals surface area contributed by atoms with Crippen molar-refractivity contribution in [1.29, 1.82) is 0 Å². The number of hydrogen-bond acceptors (Lipinski definition) is 27. The monoisotopic (exact) mass is 1660 g/mol. The molecule has 0 spiro atoms. The van der Waals surface area contributed by atoms with Crippen LogP contribution < -0.4 is 58.2 Å². The van der Waals surface area contributed by atoms with E-state index in [9.17, 15) is 93.9 Å². The van der Waals surface area contributed by atoms with Crippen LogP contribution in [0.15, 0.2) is 135 Å². The first-order valence-electron chi connectivity index (χ1n) is 34.2. The Kier molecular flexibility index (Phi) is 27.9. The summed E-state index contributed by atoms with van der Waals surface area (Å²) in [4.78, 5) is 113. The maximum Gasteiger partial charge on any atom is 0.351 e. The number of carbonyl (C=O) groups excluding carboxylic acids is 4. The fourth-order valence-electron chi connectivity index (χ4n) is 12.1. The van der Waals surface area contributed by atoms with E-state index in [0.29, 0.717) is 51.7 Å². The Morgan fingerprint density at radius 2 is 0.707 bits per heavy atom. The number of carbonyl (C=O) groups is 4. The zero-order chi connectivity index (χ0) is 85.5. The average molecular weight is 1660 g/mol. The Bertz CT molecular complexity index is 5150. The van der Waals surface area contributed by atoms with E-state index in [1.165, 1.54) is 51.7 Å². The third-order valence-corrected chi connectivity index (χ3v) is 18.3. The van der Waals surface area contributed by atoms with Crippen LogP contribution in [0.4, 0.5) is 58.4 Å². The number of nitrogens with zero attached hydrogens (tertiary/aromatic N) is 8. The SMILES string of the molecule is COc1cc(C(=O)Nc2ccn([C@@H]3O[C@H](CO)[C@@H](O)C3(F)F)c(=O)n2)cc(OC)c1C.COc1cc(C)cc(C(=O)Nc2ccn([C@@H]3O[C@H](CO)[C@@H](O)C3(F)F)c(=O)n2)c1.Cc1cc(Cl)cc(C(=O)Nc2ccn([C@@H]3O[C@H](CO)[C@@H](O)C3(F)F)c(=O)n2)c1.Cc1cccc(C)c1C(=O)Nc1ccn([C@@H]2O[C@H](CO)[C@@H](O)C2(F)F)c(=O)n1. The van der Waals surface area contributed by atoms with Gasteiger partial charge in [0.1, 0.15) is 64.9 Å². The summed E-state index contributed by atoms with van der Waals surface area (Å²) in [6.45, 7) is 5.41. The number of aliphatic hydroxyl groups excluding tert-OH is 8. The van der Waals surface area contributed by atoms with Crippen LogP contribution in [-0.4, -0.2) is 223 Å². The van der Waals surface area contributed by atoms with Crippen LogP contribution in [-0.2, 0) is 18.9 Å². The number of alkyl halides is 8. The largest absolute Gasteiger partial charge is 0.497 e. The number of halogens is 9. The van der Waals surface area contributed by atoms with Crippen molar-refractivity contribution in [3.05, 3.63) is 213 Å². The lowest BCUT2D eigenvalue weighted by molar-refractivity contribution is -0.141. The molecule has 35 nitrogen and oxygen atoms in total. The Labute approximate surface area is 653 Å². The minimum Gasteiger partial charge on any atom is -0.497 e. The molecule has 624 valence electrons. The van der Waals surface area contributed by atoms with Gasteiger partial charge in [-0.3, -0.25) is 37.4 Å². The van der Waals surface area contributed by atoms with Crippen molar-refractivity contribution in [3.8, 4) is 17.2 Å². The van der Waals surface area contributed by atoms with Crippen molar-refractivity contribution in [1.82, 2.24) is 38.2 Å². The summed E-state index contributed by atoms with van der Waals surface area (Å²) in [5.74, 6) is -16.9. The summed E-state index contributed by atoms with van der Waals surface area (Å²) in [6.07, 6.45) is -20.0. The molecule has 0 aliphatic carbocycles. The number of methoxy groups -OCH3 is 3. The number of anilines is 4. The standard InChI is InChI=1S/C19H21F2N3O7.C18H19F2N3O6.C18H19F2N3O5.C17H16ClF2N3O5/c1-9-11(29-2)6-10(7-12(9)30-3)16(27)22-14-4-5-24(18(28)23-14)17-19(20,21)15(26)13(8-25)31-17;1-9-5-10(7-11(6-9)28-2)15(26)21-13-3-4-23(17(27)22-13)16-18(19,20)14(25)12(8-24)29-16;1-9-4-3-5-10(2)13(9)15(26)21-12-6-7-23(17(27)22-12)16-18(19,20)14(25)11(8-24)28-16;1-8-4-9(6-10(18)5-8)14(26)21-12-2-3-23(16(27)22-12)15-17(19,20)13(25)11(7-24)28-15/h4-7,13,15,17,25-26H,8H2,1-3H3,(H,22,23,27,28);3-7,12,14,16,24-25H,8H2,1-2H3,(H,21,22,26,27);3-7,11,14,16,24-25H,8H2,1-2H3,(H,21,22,26,27);2-6,11,13,15,24-25H,7H2,1H3,(H,21,22,26,27)/t13-,15-,17-;12-,14-,16-;11-,14-,16-;11-,13-,15-/m1111/s1. The van der Waals surface area contributed by atoms with Crippen molar-refractivity contribution < 1.29 is 128 Å². The van der Waals surface area contributed by atoms with E-state index in [2.05, 4.69) is 41.2 Å². The topological polar surface area (TPSA) is 482 Å². The highest BCUT2D eigenvalue weighted by atomic mass is 35.5. The molecular weight excluding hydrogens is 1590 g/mol. The van der Waals surface area contributed by atoms with Crippen LogP contribution in [0.3, 0.4) is 0 Å². The first-order chi connectivity index (χ1) is 54.6. The van der Waals surface area contributed by atoms with E-state index in [-0.39, 0.29) is 40.0 Å². The van der Waals surface area contributed by atoms with E-state index in [0.717, 1.165) is 65.2 Å².